The average molecular weight is 532 g/mol. The summed E-state index contributed by atoms with van der Waals surface area (Å²) >= 11 is 0. The Hall–Kier alpha value is -4.69. The first-order valence-corrected chi connectivity index (χ1v) is 13.7. The summed E-state index contributed by atoms with van der Waals surface area (Å²) in [6.45, 7) is 0.905. The number of aromatic nitrogens is 5. The molecule has 1 atom stereocenters. The van der Waals surface area contributed by atoms with Crippen LogP contribution in [0.4, 0.5) is 0 Å². The van der Waals surface area contributed by atoms with Gasteiger partial charge < -0.3 is 25.6 Å². The molecule has 3 heterocycles. The molecule has 0 aliphatic rings. The van der Waals surface area contributed by atoms with Crippen LogP contribution in [0.15, 0.2) is 91.3 Å². The molecule has 0 aliphatic carbocycles. The fraction of sp³-hybridized carbons (Fsp3) is 0.219. The van der Waals surface area contributed by atoms with Crippen LogP contribution in [0.2, 0.25) is 0 Å². The zero-order chi connectivity index (χ0) is 27.3. The number of hydrogen-bond acceptors (Lipinski definition) is 4. The number of amides is 1. The molecule has 8 heteroatoms. The van der Waals surface area contributed by atoms with Gasteiger partial charge in [0.1, 0.15) is 5.82 Å². The second kappa shape index (κ2) is 11.6. The predicted molar refractivity (Wildman–Crippen MR) is 158 cm³/mol. The van der Waals surface area contributed by atoms with Crippen LogP contribution >= 0.6 is 0 Å². The number of aromatic amines is 2. The zero-order valence-electron chi connectivity index (χ0n) is 22.3. The fourth-order valence-corrected chi connectivity index (χ4v) is 5.44. The Morgan fingerprint density at radius 3 is 2.20 bits per heavy atom. The van der Waals surface area contributed by atoms with E-state index < -0.39 is 0 Å². The summed E-state index contributed by atoms with van der Waals surface area (Å²) in [4.78, 5) is 19.6. The van der Waals surface area contributed by atoms with E-state index >= 15 is 0 Å². The molecule has 0 aliphatic heterocycles. The number of hydrogen-bond donors (Lipinski definition) is 4. The molecule has 0 radical (unpaired) electrons. The van der Waals surface area contributed by atoms with E-state index in [9.17, 15) is 4.79 Å². The van der Waals surface area contributed by atoms with Gasteiger partial charge in [0.2, 0.25) is 5.91 Å². The lowest BCUT2D eigenvalue weighted by Gasteiger charge is -2.20. The molecule has 8 nitrogen and oxygen atoms in total. The van der Waals surface area contributed by atoms with Crippen LogP contribution in [0.5, 0.6) is 0 Å². The number of aryl methyl sites for hydroxylation is 2. The molecule has 0 saturated heterocycles. The lowest BCUT2D eigenvalue weighted by Crippen LogP contribution is -2.33. The van der Waals surface area contributed by atoms with E-state index in [4.69, 9.17) is 10.8 Å². The first-order chi connectivity index (χ1) is 19.7. The fourth-order valence-electron chi connectivity index (χ4n) is 5.44. The van der Waals surface area contributed by atoms with Crippen molar-refractivity contribution in [2.45, 2.75) is 38.3 Å². The van der Waals surface area contributed by atoms with Gasteiger partial charge in [0.25, 0.3) is 0 Å². The van der Waals surface area contributed by atoms with Gasteiger partial charge in [0.05, 0.1) is 12.6 Å². The Bertz CT molecular complexity index is 1730. The van der Waals surface area contributed by atoms with E-state index in [0.717, 1.165) is 52.0 Å². The number of benzene rings is 3. The molecule has 1 amide bonds. The molecule has 202 valence electrons. The molecule has 0 bridgehead atoms. The maximum atomic E-state index is 12.8. The molecule has 0 spiro atoms. The lowest BCUT2D eigenvalue weighted by atomic mass is 10.0. The third-order valence-corrected chi connectivity index (χ3v) is 7.45. The molecule has 5 N–H and O–H groups in total. The smallest absolute Gasteiger partial charge is 0.221 e. The molecule has 3 aromatic heterocycles. The molecular formula is C32H33N7O. The summed E-state index contributed by atoms with van der Waals surface area (Å²) in [6, 6.07) is 26.5. The van der Waals surface area contributed by atoms with Crippen molar-refractivity contribution in [3.8, 4) is 0 Å². The van der Waals surface area contributed by atoms with Gasteiger partial charge in [-0.25, -0.2) is 0 Å². The number of fused-ring (bicyclic) bond motifs is 2. The highest BCUT2D eigenvalue weighted by molar-refractivity contribution is 5.84. The number of rotatable bonds is 11. The van der Waals surface area contributed by atoms with Gasteiger partial charge in [-0.15, -0.1) is 10.2 Å². The Balaban J connectivity index is 1.36. The van der Waals surface area contributed by atoms with E-state index in [-0.39, 0.29) is 24.9 Å². The number of H-pyrrole nitrogens is 2. The SMILES string of the molecule is NCCC(=O)NC(Cc1c[nH]c2ccccc12)c1nnc(CCc2c[nH]c3ccccc23)n1Cc1ccccc1. The molecule has 0 fully saturated rings. The predicted octanol–water partition coefficient (Wildman–Crippen LogP) is 4.82. The Morgan fingerprint density at radius 1 is 0.825 bits per heavy atom. The quantitative estimate of drug-likeness (QED) is 0.192. The summed E-state index contributed by atoms with van der Waals surface area (Å²) in [5, 5.41) is 14.9. The van der Waals surface area contributed by atoms with Crippen molar-refractivity contribution in [3.05, 3.63) is 120 Å². The number of nitrogens with zero attached hydrogens (tertiary/aromatic N) is 3. The number of carbonyl (C=O) groups excluding carboxylic acids is 1. The van der Waals surface area contributed by atoms with Crippen molar-refractivity contribution in [3.63, 3.8) is 0 Å². The largest absolute Gasteiger partial charge is 0.361 e. The molecule has 6 aromatic rings. The van der Waals surface area contributed by atoms with Crippen LogP contribution in [-0.2, 0) is 30.6 Å². The first kappa shape index (κ1) is 25.6. The van der Waals surface area contributed by atoms with Crippen LogP contribution in [0.1, 0.15) is 40.8 Å². The van der Waals surface area contributed by atoms with E-state index in [0.29, 0.717) is 13.0 Å². The van der Waals surface area contributed by atoms with Crippen LogP contribution in [0.3, 0.4) is 0 Å². The van der Waals surface area contributed by atoms with E-state index in [1.165, 1.54) is 10.9 Å². The summed E-state index contributed by atoms with van der Waals surface area (Å²) in [5.41, 5.74) is 11.4. The highest BCUT2D eigenvalue weighted by atomic mass is 16.1. The van der Waals surface area contributed by atoms with Crippen molar-refractivity contribution in [1.29, 1.82) is 0 Å². The minimum absolute atomic E-state index is 0.0954. The Kier molecular flexibility index (Phi) is 7.41. The minimum Gasteiger partial charge on any atom is -0.361 e. The van der Waals surface area contributed by atoms with E-state index in [1.807, 2.05) is 42.6 Å². The van der Waals surface area contributed by atoms with Gasteiger partial charge in [0.15, 0.2) is 5.82 Å². The summed E-state index contributed by atoms with van der Waals surface area (Å²) in [5.74, 6) is 1.54. The number of nitrogens with one attached hydrogen (secondary N) is 3. The minimum atomic E-state index is -0.365. The molecule has 1 unspecified atom stereocenters. The standard InChI is InChI=1S/C32H33N7O/c33-17-16-31(40)36-29(18-24-20-35-28-13-7-5-11-26(24)28)32-38-37-30(39(32)21-22-8-2-1-3-9-22)15-14-23-19-34-27-12-6-4-10-25(23)27/h1-13,19-20,29,34-35H,14-18,21,33H2,(H,36,40). The number of carbonyl (C=O) groups is 1. The van der Waals surface area contributed by atoms with Crippen LogP contribution < -0.4 is 11.1 Å². The van der Waals surface area contributed by atoms with E-state index in [2.05, 4.69) is 73.6 Å². The Morgan fingerprint density at radius 2 is 1.48 bits per heavy atom. The molecule has 0 saturated carbocycles. The second-order valence-electron chi connectivity index (χ2n) is 10.1. The van der Waals surface area contributed by atoms with Crippen molar-refractivity contribution in [2.75, 3.05) is 6.54 Å². The van der Waals surface area contributed by atoms with Crippen LogP contribution in [0.25, 0.3) is 21.8 Å². The van der Waals surface area contributed by atoms with Gasteiger partial charge in [-0.2, -0.15) is 0 Å². The number of para-hydroxylation sites is 2. The topological polar surface area (TPSA) is 117 Å². The normalized spacial score (nSPS) is 12.2. The van der Waals surface area contributed by atoms with Gasteiger partial charge in [-0.3, -0.25) is 4.79 Å². The summed E-state index contributed by atoms with van der Waals surface area (Å²) in [6.07, 6.45) is 6.47. The monoisotopic (exact) mass is 531 g/mol. The highest BCUT2D eigenvalue weighted by Gasteiger charge is 2.25. The highest BCUT2D eigenvalue weighted by Crippen LogP contribution is 2.26. The molecular weight excluding hydrogens is 498 g/mol. The van der Waals surface area contributed by atoms with Crippen molar-refractivity contribution in [2.24, 2.45) is 5.73 Å². The van der Waals surface area contributed by atoms with Crippen molar-refractivity contribution < 1.29 is 4.79 Å². The number of nitrogens with two attached hydrogens (primary N) is 1. The third kappa shape index (κ3) is 5.39. The molecule has 3 aromatic carbocycles. The average Bonchev–Trinajstić information content (AvgIpc) is 3.70. The van der Waals surface area contributed by atoms with Crippen molar-refractivity contribution >= 4 is 27.7 Å². The molecule has 6 rings (SSSR count). The maximum absolute atomic E-state index is 12.8. The Labute approximate surface area is 232 Å². The van der Waals surface area contributed by atoms with Crippen LogP contribution in [0, 0.1) is 0 Å². The van der Waals surface area contributed by atoms with Gasteiger partial charge in [0, 0.05) is 60.0 Å². The van der Waals surface area contributed by atoms with E-state index in [1.54, 1.807) is 0 Å². The summed E-state index contributed by atoms with van der Waals surface area (Å²) < 4.78 is 2.17. The van der Waals surface area contributed by atoms with Gasteiger partial charge >= 0.3 is 0 Å². The maximum Gasteiger partial charge on any atom is 0.221 e. The zero-order valence-corrected chi connectivity index (χ0v) is 22.3. The van der Waals surface area contributed by atoms with Gasteiger partial charge in [-0.05, 0) is 35.2 Å². The lowest BCUT2D eigenvalue weighted by molar-refractivity contribution is -0.121. The first-order valence-electron chi connectivity index (χ1n) is 13.7. The van der Waals surface area contributed by atoms with Crippen molar-refractivity contribution in [1.82, 2.24) is 30.0 Å². The summed E-state index contributed by atoms with van der Waals surface area (Å²) in [7, 11) is 0. The van der Waals surface area contributed by atoms with Crippen LogP contribution in [-0.4, -0.2) is 37.2 Å². The van der Waals surface area contributed by atoms with Gasteiger partial charge in [-0.1, -0.05) is 66.7 Å². The molecule has 40 heavy (non-hydrogen) atoms. The third-order valence-electron chi connectivity index (χ3n) is 7.45. The second-order valence-corrected chi connectivity index (χ2v) is 10.1.